The number of carbonyl (C=O) groups excluding carboxylic acids is 2. The number of piperidine rings is 1. The number of fused-ring (bicyclic) bond motifs is 1. The summed E-state index contributed by atoms with van der Waals surface area (Å²) in [5.41, 5.74) is 2.39. The number of benzene rings is 1. The van der Waals surface area contributed by atoms with Crippen LogP contribution in [-0.2, 0) is 9.59 Å². The smallest absolute Gasteiger partial charge is 0.244 e. The van der Waals surface area contributed by atoms with E-state index < -0.39 is 0 Å². The van der Waals surface area contributed by atoms with Crippen LogP contribution < -0.4 is 10.1 Å². The van der Waals surface area contributed by atoms with Crippen molar-refractivity contribution >= 4 is 28.8 Å². The van der Waals surface area contributed by atoms with E-state index in [1.165, 1.54) is 17.0 Å². The van der Waals surface area contributed by atoms with Gasteiger partial charge in [0, 0.05) is 49.2 Å². The number of H-pyrrole nitrogens is 1. The van der Waals surface area contributed by atoms with Crippen LogP contribution in [0.25, 0.3) is 17.0 Å². The monoisotopic (exact) mass is 421 g/mol. The van der Waals surface area contributed by atoms with E-state index in [1.54, 1.807) is 31.6 Å². The standard InChI is InChI=1S/C24H27N3O4/c1-30-19-4-6-22-20(15-19)21(16-26-22)17-9-12-27(13-10-17)24(29)8-11-25-23(28)7-5-18-3-2-14-31-18/h2-7,14-17,26H,8-13H2,1H3,(H,25,28)/b7-5+. The van der Waals surface area contributed by atoms with Gasteiger partial charge < -0.3 is 24.4 Å². The van der Waals surface area contributed by atoms with Crippen molar-refractivity contribution in [1.82, 2.24) is 15.2 Å². The Balaban J connectivity index is 1.24. The summed E-state index contributed by atoms with van der Waals surface area (Å²) in [6.07, 6.45) is 8.79. The summed E-state index contributed by atoms with van der Waals surface area (Å²) >= 11 is 0. The number of amides is 2. The molecular formula is C24H27N3O4. The Morgan fingerprint density at radius 3 is 2.87 bits per heavy atom. The molecule has 31 heavy (non-hydrogen) atoms. The van der Waals surface area contributed by atoms with E-state index in [1.807, 2.05) is 17.0 Å². The van der Waals surface area contributed by atoms with Gasteiger partial charge >= 0.3 is 0 Å². The third-order valence-electron chi connectivity index (χ3n) is 5.79. The van der Waals surface area contributed by atoms with Crippen molar-refractivity contribution < 1.29 is 18.7 Å². The maximum Gasteiger partial charge on any atom is 0.244 e. The van der Waals surface area contributed by atoms with E-state index in [0.717, 1.165) is 37.2 Å². The topological polar surface area (TPSA) is 87.6 Å². The maximum atomic E-state index is 12.5. The quantitative estimate of drug-likeness (QED) is 0.570. The maximum absolute atomic E-state index is 12.5. The van der Waals surface area contributed by atoms with Crippen molar-refractivity contribution in [3.63, 3.8) is 0 Å². The summed E-state index contributed by atoms with van der Waals surface area (Å²) in [7, 11) is 1.68. The first kappa shape index (κ1) is 20.8. The van der Waals surface area contributed by atoms with E-state index in [9.17, 15) is 9.59 Å². The highest BCUT2D eigenvalue weighted by molar-refractivity contribution is 5.91. The fourth-order valence-corrected chi connectivity index (χ4v) is 4.08. The third kappa shape index (κ3) is 4.99. The Hall–Kier alpha value is -3.48. The van der Waals surface area contributed by atoms with E-state index in [4.69, 9.17) is 9.15 Å². The molecule has 1 aliphatic heterocycles. The average Bonchev–Trinajstić information content (AvgIpc) is 3.47. The van der Waals surface area contributed by atoms with Gasteiger partial charge in [-0.15, -0.1) is 0 Å². The van der Waals surface area contributed by atoms with Crippen molar-refractivity contribution in [2.24, 2.45) is 0 Å². The molecular weight excluding hydrogens is 394 g/mol. The van der Waals surface area contributed by atoms with Crippen LogP contribution >= 0.6 is 0 Å². The molecule has 1 saturated heterocycles. The first-order chi connectivity index (χ1) is 15.1. The minimum Gasteiger partial charge on any atom is -0.497 e. The zero-order chi connectivity index (χ0) is 21.6. The second kappa shape index (κ2) is 9.55. The van der Waals surface area contributed by atoms with Gasteiger partial charge in [-0.1, -0.05) is 0 Å². The number of nitrogens with one attached hydrogen (secondary N) is 2. The summed E-state index contributed by atoms with van der Waals surface area (Å²) < 4.78 is 10.5. The predicted octanol–water partition coefficient (Wildman–Crippen LogP) is 3.70. The first-order valence-corrected chi connectivity index (χ1v) is 10.6. The van der Waals surface area contributed by atoms with Crippen molar-refractivity contribution in [3.8, 4) is 5.75 Å². The lowest BCUT2D eigenvalue weighted by molar-refractivity contribution is -0.132. The Morgan fingerprint density at radius 2 is 2.13 bits per heavy atom. The molecule has 0 aliphatic carbocycles. The number of aromatic amines is 1. The lowest BCUT2D eigenvalue weighted by atomic mass is 9.89. The zero-order valence-corrected chi connectivity index (χ0v) is 17.6. The van der Waals surface area contributed by atoms with Gasteiger partial charge in [0.1, 0.15) is 11.5 Å². The van der Waals surface area contributed by atoms with Crippen LogP contribution in [0.15, 0.2) is 53.3 Å². The Morgan fingerprint density at radius 1 is 1.29 bits per heavy atom. The van der Waals surface area contributed by atoms with Crippen LogP contribution in [0, 0.1) is 0 Å². The van der Waals surface area contributed by atoms with E-state index in [0.29, 0.717) is 24.6 Å². The van der Waals surface area contributed by atoms with Gasteiger partial charge in [0.15, 0.2) is 0 Å². The molecule has 0 spiro atoms. The number of ether oxygens (including phenoxy) is 1. The molecule has 2 aromatic heterocycles. The zero-order valence-electron chi connectivity index (χ0n) is 17.6. The molecule has 4 rings (SSSR count). The van der Waals surface area contributed by atoms with Gasteiger partial charge in [0.25, 0.3) is 0 Å². The van der Waals surface area contributed by atoms with Gasteiger partial charge in [-0.3, -0.25) is 9.59 Å². The summed E-state index contributed by atoms with van der Waals surface area (Å²) in [4.78, 5) is 29.6. The van der Waals surface area contributed by atoms with Gasteiger partial charge in [-0.2, -0.15) is 0 Å². The highest BCUT2D eigenvalue weighted by Gasteiger charge is 2.25. The second-order valence-corrected chi connectivity index (χ2v) is 7.70. The lowest BCUT2D eigenvalue weighted by Gasteiger charge is -2.32. The Bertz CT molecular complexity index is 1060. The van der Waals surface area contributed by atoms with Crippen molar-refractivity contribution in [2.45, 2.75) is 25.2 Å². The molecule has 3 aromatic rings. The van der Waals surface area contributed by atoms with Gasteiger partial charge in [-0.25, -0.2) is 0 Å². The number of likely N-dealkylation sites (tertiary alicyclic amines) is 1. The normalized spacial score (nSPS) is 14.9. The summed E-state index contributed by atoms with van der Waals surface area (Å²) in [6.45, 7) is 1.78. The molecule has 2 amide bonds. The molecule has 1 aromatic carbocycles. The molecule has 1 fully saturated rings. The third-order valence-corrected chi connectivity index (χ3v) is 5.79. The van der Waals surface area contributed by atoms with Crippen LogP contribution in [0.5, 0.6) is 5.75 Å². The number of methoxy groups -OCH3 is 1. The molecule has 3 heterocycles. The number of nitrogens with zero attached hydrogens (tertiary/aromatic N) is 1. The molecule has 162 valence electrons. The number of hydrogen-bond acceptors (Lipinski definition) is 4. The van der Waals surface area contributed by atoms with Crippen LogP contribution in [0.3, 0.4) is 0 Å². The SMILES string of the molecule is COc1ccc2[nH]cc(C3CCN(C(=O)CCNC(=O)/C=C/c4ccco4)CC3)c2c1. The highest BCUT2D eigenvalue weighted by atomic mass is 16.5. The largest absolute Gasteiger partial charge is 0.497 e. The number of aromatic nitrogens is 1. The van der Waals surface area contributed by atoms with Crippen LogP contribution in [-0.4, -0.2) is 48.4 Å². The Labute approximate surface area is 181 Å². The molecule has 0 radical (unpaired) electrons. The van der Waals surface area contributed by atoms with E-state index in [-0.39, 0.29) is 11.8 Å². The van der Waals surface area contributed by atoms with Gasteiger partial charge in [0.2, 0.25) is 11.8 Å². The van der Waals surface area contributed by atoms with Crippen molar-refractivity contribution in [2.75, 3.05) is 26.7 Å². The average molecular weight is 421 g/mol. The molecule has 0 saturated carbocycles. The van der Waals surface area contributed by atoms with Crippen LogP contribution in [0.4, 0.5) is 0 Å². The molecule has 2 N–H and O–H groups in total. The number of carbonyl (C=O) groups is 2. The first-order valence-electron chi connectivity index (χ1n) is 10.6. The molecule has 1 aliphatic rings. The molecule has 0 unspecified atom stereocenters. The molecule has 0 bridgehead atoms. The number of rotatable bonds is 7. The van der Waals surface area contributed by atoms with Crippen LogP contribution in [0.2, 0.25) is 0 Å². The summed E-state index contributed by atoms with van der Waals surface area (Å²) in [5.74, 6) is 1.72. The fraction of sp³-hybridized carbons (Fsp3) is 0.333. The van der Waals surface area contributed by atoms with E-state index in [2.05, 4.69) is 22.6 Å². The summed E-state index contributed by atoms with van der Waals surface area (Å²) in [6, 6.07) is 9.59. The molecule has 0 atom stereocenters. The minimum atomic E-state index is -0.238. The van der Waals surface area contributed by atoms with Crippen molar-refractivity contribution in [3.05, 3.63) is 60.2 Å². The fourth-order valence-electron chi connectivity index (χ4n) is 4.08. The number of furan rings is 1. The van der Waals surface area contributed by atoms with Gasteiger partial charge in [0.05, 0.1) is 13.4 Å². The molecule has 7 nitrogen and oxygen atoms in total. The minimum absolute atomic E-state index is 0.0781. The number of hydrogen-bond donors (Lipinski definition) is 2. The second-order valence-electron chi connectivity index (χ2n) is 7.70. The van der Waals surface area contributed by atoms with Crippen LogP contribution in [0.1, 0.15) is 36.5 Å². The van der Waals surface area contributed by atoms with Gasteiger partial charge in [-0.05, 0) is 60.7 Å². The van der Waals surface area contributed by atoms with Crippen molar-refractivity contribution in [1.29, 1.82) is 0 Å². The Kier molecular flexibility index (Phi) is 6.40. The predicted molar refractivity (Wildman–Crippen MR) is 119 cm³/mol. The van der Waals surface area contributed by atoms with E-state index >= 15 is 0 Å². The lowest BCUT2D eigenvalue weighted by Crippen LogP contribution is -2.39. The summed E-state index contributed by atoms with van der Waals surface area (Å²) in [5, 5.41) is 3.94. The molecule has 7 heteroatoms. The highest BCUT2D eigenvalue weighted by Crippen LogP contribution is 2.34.